The molecule has 4 N–H and O–H groups in total. The van der Waals surface area contributed by atoms with Crippen molar-refractivity contribution < 1.29 is 24.0 Å². The standard InChI is InChI=1S/C35H49N5O5/c1-23(2)20-28-32(43)37-24(3)30(41)36-18-10-11-19-40(34(45)35(4,5)6)22-26-14-16-27(17-15-26)31(42)38-29(33(44)39-28)21-25-12-8-7-9-13-25/h7-9,12-17,23-24,28-29H,10-11,18-22H2,1-6H3,(H,36,41)(H,37,43)(H,38,42)(H,39,44)/t24-,28+,29-/m1/s1. The summed E-state index contributed by atoms with van der Waals surface area (Å²) in [5, 5.41) is 11.3. The highest BCUT2D eigenvalue weighted by atomic mass is 16.2. The van der Waals surface area contributed by atoms with Gasteiger partial charge in [-0.1, -0.05) is 77.1 Å². The van der Waals surface area contributed by atoms with Crippen LogP contribution in [0.5, 0.6) is 0 Å². The maximum atomic E-state index is 13.7. The van der Waals surface area contributed by atoms with E-state index in [2.05, 4.69) is 21.3 Å². The van der Waals surface area contributed by atoms with Crippen molar-refractivity contribution in [1.82, 2.24) is 26.2 Å². The van der Waals surface area contributed by atoms with Crippen molar-refractivity contribution in [2.75, 3.05) is 13.1 Å². The van der Waals surface area contributed by atoms with Gasteiger partial charge in [0.2, 0.25) is 23.6 Å². The second kappa shape index (κ2) is 16.2. The predicted octanol–water partition coefficient (Wildman–Crippen LogP) is 3.35. The van der Waals surface area contributed by atoms with E-state index in [0.717, 1.165) is 11.1 Å². The number of rotatable bonds is 4. The molecule has 0 aromatic heterocycles. The zero-order chi connectivity index (χ0) is 33.1. The van der Waals surface area contributed by atoms with Crippen LogP contribution in [-0.4, -0.2) is 65.7 Å². The fourth-order valence-corrected chi connectivity index (χ4v) is 5.16. The summed E-state index contributed by atoms with van der Waals surface area (Å²) in [6.45, 7) is 12.4. The molecule has 2 aliphatic rings. The fourth-order valence-electron chi connectivity index (χ4n) is 5.16. The third-order valence-corrected chi connectivity index (χ3v) is 7.67. The second-order valence-corrected chi connectivity index (χ2v) is 13.3. The fraction of sp³-hybridized carbons (Fsp3) is 0.514. The third kappa shape index (κ3) is 11.0. The summed E-state index contributed by atoms with van der Waals surface area (Å²) in [5.41, 5.74) is 1.52. The summed E-state index contributed by atoms with van der Waals surface area (Å²) in [6.07, 6.45) is 1.89. The molecular formula is C35H49N5O5. The molecule has 3 atom stereocenters. The minimum atomic E-state index is -0.961. The Hall–Kier alpha value is -4.21. The largest absolute Gasteiger partial charge is 0.354 e. The highest BCUT2D eigenvalue weighted by Gasteiger charge is 2.30. The first kappa shape index (κ1) is 35.3. The van der Waals surface area contributed by atoms with Crippen LogP contribution in [0.2, 0.25) is 0 Å². The number of nitrogens with zero attached hydrogens (tertiary/aromatic N) is 1. The maximum Gasteiger partial charge on any atom is 0.251 e. The average molecular weight is 620 g/mol. The van der Waals surface area contributed by atoms with Crippen molar-refractivity contribution in [1.29, 1.82) is 0 Å². The Bertz CT molecular complexity index is 1320. The highest BCUT2D eigenvalue weighted by Crippen LogP contribution is 2.20. The Balaban J connectivity index is 1.93. The van der Waals surface area contributed by atoms with E-state index in [1.807, 2.05) is 77.1 Å². The Morgan fingerprint density at radius 1 is 0.844 bits per heavy atom. The Labute approximate surface area is 267 Å². The van der Waals surface area contributed by atoms with Gasteiger partial charge in [0.1, 0.15) is 18.1 Å². The van der Waals surface area contributed by atoms with Gasteiger partial charge in [-0.2, -0.15) is 0 Å². The lowest BCUT2D eigenvalue weighted by atomic mass is 9.94. The number of hydrogen-bond acceptors (Lipinski definition) is 5. The number of hydrogen-bond donors (Lipinski definition) is 4. The van der Waals surface area contributed by atoms with Gasteiger partial charge in [-0.05, 0) is 55.4 Å². The van der Waals surface area contributed by atoms with Gasteiger partial charge in [0.15, 0.2) is 0 Å². The Morgan fingerprint density at radius 3 is 2.11 bits per heavy atom. The van der Waals surface area contributed by atoms with E-state index in [1.54, 1.807) is 24.0 Å². The van der Waals surface area contributed by atoms with Crippen molar-refractivity contribution in [2.45, 2.75) is 91.9 Å². The van der Waals surface area contributed by atoms with Crippen LogP contribution >= 0.6 is 0 Å². The molecule has 2 heterocycles. The molecule has 2 aliphatic heterocycles. The molecule has 45 heavy (non-hydrogen) atoms. The second-order valence-electron chi connectivity index (χ2n) is 13.3. The number of carbonyl (C=O) groups is 5. The van der Waals surface area contributed by atoms with Gasteiger partial charge in [-0.25, -0.2) is 0 Å². The van der Waals surface area contributed by atoms with Crippen LogP contribution in [0.15, 0.2) is 54.6 Å². The van der Waals surface area contributed by atoms with E-state index in [4.69, 9.17) is 0 Å². The molecule has 10 heteroatoms. The van der Waals surface area contributed by atoms with Gasteiger partial charge in [0, 0.05) is 37.0 Å². The Morgan fingerprint density at radius 2 is 1.49 bits per heavy atom. The first-order valence-corrected chi connectivity index (χ1v) is 15.9. The van der Waals surface area contributed by atoms with Gasteiger partial charge >= 0.3 is 0 Å². The molecule has 4 rings (SSSR count). The smallest absolute Gasteiger partial charge is 0.251 e. The van der Waals surface area contributed by atoms with E-state index in [9.17, 15) is 24.0 Å². The van der Waals surface area contributed by atoms with E-state index >= 15 is 0 Å². The normalized spacial score (nSPS) is 21.3. The van der Waals surface area contributed by atoms with E-state index in [0.29, 0.717) is 44.5 Å². The van der Waals surface area contributed by atoms with Crippen LogP contribution in [0.3, 0.4) is 0 Å². The molecule has 2 aromatic rings. The van der Waals surface area contributed by atoms with Crippen LogP contribution in [0.25, 0.3) is 0 Å². The molecule has 10 nitrogen and oxygen atoms in total. The van der Waals surface area contributed by atoms with Crippen LogP contribution in [0, 0.1) is 11.3 Å². The number of amides is 5. The molecule has 0 saturated carbocycles. The zero-order valence-electron chi connectivity index (χ0n) is 27.4. The average Bonchev–Trinajstić information content (AvgIpc) is 2.98. The molecule has 0 saturated heterocycles. The number of nitrogens with one attached hydrogen (secondary N) is 4. The van der Waals surface area contributed by atoms with Crippen LogP contribution < -0.4 is 21.3 Å². The summed E-state index contributed by atoms with van der Waals surface area (Å²) >= 11 is 0. The SMILES string of the molecule is CC(C)C[C@@H]1NC(=O)[C@@H](Cc2ccccc2)NC(=O)c2ccc(cc2)CN(C(=O)C(C)(C)C)CCCCNC(=O)[C@@H](C)NC1=O. The van der Waals surface area contributed by atoms with E-state index < -0.39 is 41.3 Å². The third-order valence-electron chi connectivity index (χ3n) is 7.67. The van der Waals surface area contributed by atoms with Gasteiger partial charge in [0.05, 0.1) is 0 Å². The van der Waals surface area contributed by atoms with Gasteiger partial charge in [0.25, 0.3) is 5.91 Å². The number of benzene rings is 2. The van der Waals surface area contributed by atoms with Gasteiger partial charge < -0.3 is 26.2 Å². The van der Waals surface area contributed by atoms with Crippen molar-refractivity contribution in [3.8, 4) is 0 Å². The summed E-state index contributed by atoms with van der Waals surface area (Å²) < 4.78 is 0. The number of fused-ring (bicyclic) bond motifs is 18. The summed E-state index contributed by atoms with van der Waals surface area (Å²) in [4.78, 5) is 68.3. The molecule has 2 aromatic carbocycles. The molecule has 0 aliphatic carbocycles. The maximum absolute atomic E-state index is 13.7. The van der Waals surface area contributed by atoms with Crippen molar-refractivity contribution in [2.24, 2.45) is 11.3 Å². The first-order chi connectivity index (χ1) is 21.2. The molecule has 2 bridgehead atoms. The first-order valence-electron chi connectivity index (χ1n) is 15.9. The van der Waals surface area contributed by atoms with Crippen LogP contribution in [0.1, 0.15) is 82.3 Å². The minimum absolute atomic E-state index is 0.00815. The molecule has 0 spiro atoms. The lowest BCUT2D eigenvalue weighted by molar-refractivity contribution is -0.140. The minimum Gasteiger partial charge on any atom is -0.354 e. The van der Waals surface area contributed by atoms with E-state index in [1.165, 1.54) is 0 Å². The predicted molar refractivity (Wildman–Crippen MR) is 174 cm³/mol. The zero-order valence-corrected chi connectivity index (χ0v) is 27.4. The monoisotopic (exact) mass is 619 g/mol. The lowest BCUT2D eigenvalue weighted by Gasteiger charge is -2.30. The van der Waals surface area contributed by atoms with Crippen LogP contribution in [-0.2, 0) is 32.1 Å². The molecule has 0 unspecified atom stereocenters. The molecular weight excluding hydrogens is 570 g/mol. The summed E-state index contributed by atoms with van der Waals surface area (Å²) in [6, 6.07) is 13.7. The topological polar surface area (TPSA) is 137 Å². The van der Waals surface area contributed by atoms with Crippen LogP contribution in [0.4, 0.5) is 0 Å². The lowest BCUT2D eigenvalue weighted by Crippen LogP contribution is -2.57. The quantitative estimate of drug-likeness (QED) is 0.389. The van der Waals surface area contributed by atoms with Crippen molar-refractivity contribution >= 4 is 29.5 Å². The van der Waals surface area contributed by atoms with E-state index in [-0.39, 0.29) is 24.2 Å². The molecule has 0 radical (unpaired) electrons. The molecule has 5 amide bonds. The van der Waals surface area contributed by atoms with Gasteiger partial charge in [-0.3, -0.25) is 24.0 Å². The molecule has 0 fully saturated rings. The summed E-state index contributed by atoms with van der Waals surface area (Å²) in [7, 11) is 0. The molecule has 244 valence electrons. The van der Waals surface area contributed by atoms with Crippen molar-refractivity contribution in [3.05, 3.63) is 71.3 Å². The summed E-state index contributed by atoms with van der Waals surface area (Å²) in [5.74, 6) is -1.65. The van der Waals surface area contributed by atoms with Gasteiger partial charge in [-0.15, -0.1) is 0 Å². The Kier molecular flexibility index (Phi) is 12.7. The van der Waals surface area contributed by atoms with Crippen molar-refractivity contribution in [3.63, 3.8) is 0 Å². The highest BCUT2D eigenvalue weighted by molar-refractivity contribution is 5.99. The number of carbonyl (C=O) groups excluding carboxylic acids is 5.